The van der Waals surface area contributed by atoms with E-state index < -0.39 is 10.9 Å². The van der Waals surface area contributed by atoms with Gasteiger partial charge < -0.3 is 10.0 Å². The monoisotopic (exact) mass is 250 g/mol. The highest BCUT2D eigenvalue weighted by Gasteiger charge is 2.22. The number of nitrogens with zero attached hydrogens (tertiary/aromatic N) is 2. The molecule has 1 N–H and O–H groups in total. The molecule has 0 radical (unpaired) electrons. The molecule has 0 spiro atoms. The Hall–Kier alpha value is -2.11. The van der Waals surface area contributed by atoms with Gasteiger partial charge in [-0.15, -0.1) is 0 Å². The van der Waals surface area contributed by atoms with Gasteiger partial charge in [-0.3, -0.25) is 10.1 Å². The lowest BCUT2D eigenvalue weighted by Crippen LogP contribution is -2.30. The molecule has 2 rings (SSSR count). The van der Waals surface area contributed by atoms with Crippen LogP contribution in [0, 0.1) is 10.1 Å². The van der Waals surface area contributed by atoms with Gasteiger partial charge in [-0.05, 0) is 31.4 Å². The Morgan fingerprint density at radius 2 is 1.94 bits per heavy atom. The Morgan fingerprint density at radius 1 is 1.28 bits per heavy atom. The van der Waals surface area contributed by atoms with Crippen molar-refractivity contribution < 1.29 is 14.8 Å². The molecule has 0 aromatic heterocycles. The molecular weight excluding hydrogens is 236 g/mol. The Labute approximate surface area is 104 Å². The molecule has 1 saturated heterocycles. The average Bonchev–Trinajstić information content (AvgIpc) is 2.39. The quantitative estimate of drug-likeness (QED) is 0.657. The number of nitro benzene ring substituents is 1. The molecule has 1 aromatic carbocycles. The molecule has 96 valence electrons. The third-order valence-electron chi connectivity index (χ3n) is 3.12. The minimum atomic E-state index is -1.15. The first-order valence-electron chi connectivity index (χ1n) is 5.86. The van der Waals surface area contributed by atoms with Crippen molar-refractivity contribution >= 4 is 17.3 Å². The molecule has 1 aliphatic heterocycles. The van der Waals surface area contributed by atoms with Crippen molar-refractivity contribution in [3.63, 3.8) is 0 Å². The lowest BCUT2D eigenvalue weighted by atomic mass is 10.1. The summed E-state index contributed by atoms with van der Waals surface area (Å²) in [7, 11) is 0. The van der Waals surface area contributed by atoms with Crippen molar-refractivity contribution in [2.45, 2.75) is 19.3 Å². The summed E-state index contributed by atoms with van der Waals surface area (Å²) in [5.74, 6) is -1.15. The Morgan fingerprint density at radius 3 is 2.50 bits per heavy atom. The largest absolute Gasteiger partial charge is 0.478 e. The van der Waals surface area contributed by atoms with E-state index in [4.69, 9.17) is 5.11 Å². The molecule has 1 aliphatic rings. The maximum atomic E-state index is 11.0. The number of carboxylic acids is 1. The van der Waals surface area contributed by atoms with Gasteiger partial charge in [0.25, 0.3) is 5.69 Å². The Kier molecular flexibility index (Phi) is 3.45. The first-order chi connectivity index (χ1) is 8.59. The fourth-order valence-electron chi connectivity index (χ4n) is 2.20. The van der Waals surface area contributed by atoms with Gasteiger partial charge in [-0.1, -0.05) is 0 Å². The van der Waals surface area contributed by atoms with E-state index in [0.29, 0.717) is 5.69 Å². The van der Waals surface area contributed by atoms with Crippen molar-refractivity contribution in [1.82, 2.24) is 0 Å². The van der Waals surface area contributed by atoms with Crippen molar-refractivity contribution in [2.75, 3.05) is 18.0 Å². The van der Waals surface area contributed by atoms with E-state index in [-0.39, 0.29) is 11.3 Å². The summed E-state index contributed by atoms with van der Waals surface area (Å²) in [5, 5.41) is 19.9. The summed E-state index contributed by atoms with van der Waals surface area (Å²) in [6.45, 7) is 1.57. The molecule has 0 bridgehead atoms. The second-order valence-corrected chi connectivity index (χ2v) is 4.31. The van der Waals surface area contributed by atoms with E-state index in [1.54, 1.807) is 0 Å². The highest BCUT2D eigenvalue weighted by Crippen LogP contribution is 2.31. The fraction of sp³-hybridized carbons (Fsp3) is 0.417. The Balaban J connectivity index is 2.39. The van der Waals surface area contributed by atoms with Crippen LogP contribution in [0.3, 0.4) is 0 Å². The minimum absolute atomic E-state index is 0.0533. The van der Waals surface area contributed by atoms with Gasteiger partial charge in [0.1, 0.15) is 5.69 Å². The van der Waals surface area contributed by atoms with Crippen LogP contribution in [0.25, 0.3) is 0 Å². The van der Waals surface area contributed by atoms with Gasteiger partial charge in [-0.25, -0.2) is 4.79 Å². The van der Waals surface area contributed by atoms with Crippen LogP contribution in [-0.4, -0.2) is 29.1 Å². The van der Waals surface area contributed by atoms with Crippen LogP contribution >= 0.6 is 0 Å². The summed E-state index contributed by atoms with van der Waals surface area (Å²) in [5.41, 5.74) is 0.337. The average molecular weight is 250 g/mol. The third-order valence-corrected chi connectivity index (χ3v) is 3.12. The van der Waals surface area contributed by atoms with Gasteiger partial charge in [-0.2, -0.15) is 0 Å². The predicted molar refractivity (Wildman–Crippen MR) is 66.1 cm³/mol. The number of aromatic carboxylic acids is 1. The molecule has 1 fully saturated rings. The van der Waals surface area contributed by atoms with Crippen molar-refractivity contribution in [3.8, 4) is 0 Å². The van der Waals surface area contributed by atoms with Crippen LogP contribution in [0.15, 0.2) is 18.2 Å². The molecule has 0 saturated carbocycles. The molecule has 1 aromatic rings. The first-order valence-corrected chi connectivity index (χ1v) is 5.86. The summed E-state index contributed by atoms with van der Waals surface area (Å²) < 4.78 is 0. The second-order valence-electron chi connectivity index (χ2n) is 4.31. The van der Waals surface area contributed by atoms with Gasteiger partial charge in [0.15, 0.2) is 0 Å². The summed E-state index contributed by atoms with van der Waals surface area (Å²) in [4.78, 5) is 23.3. The van der Waals surface area contributed by atoms with E-state index in [2.05, 4.69) is 0 Å². The van der Waals surface area contributed by atoms with Crippen molar-refractivity contribution in [3.05, 3.63) is 33.9 Å². The standard InChI is InChI=1S/C12H14N2O4/c15-12(16)9-4-5-10(11(8-9)14(17)18)13-6-2-1-3-7-13/h4-5,8H,1-3,6-7H2,(H,15,16). The van der Waals surface area contributed by atoms with Crippen LogP contribution in [0.5, 0.6) is 0 Å². The van der Waals surface area contributed by atoms with Crippen LogP contribution in [-0.2, 0) is 0 Å². The molecule has 0 unspecified atom stereocenters. The highest BCUT2D eigenvalue weighted by atomic mass is 16.6. The number of carboxylic acid groups (broad SMARTS) is 1. The highest BCUT2D eigenvalue weighted by molar-refractivity contribution is 5.89. The van der Waals surface area contributed by atoms with Crippen molar-refractivity contribution in [1.29, 1.82) is 0 Å². The number of anilines is 1. The van der Waals surface area contributed by atoms with E-state index in [1.807, 2.05) is 4.90 Å². The number of benzene rings is 1. The van der Waals surface area contributed by atoms with Gasteiger partial charge in [0.2, 0.25) is 0 Å². The zero-order valence-corrected chi connectivity index (χ0v) is 9.83. The summed E-state index contributed by atoms with van der Waals surface area (Å²) in [6, 6.07) is 4.08. The maximum Gasteiger partial charge on any atom is 0.335 e. The smallest absolute Gasteiger partial charge is 0.335 e. The van der Waals surface area contributed by atoms with Crippen LogP contribution in [0.1, 0.15) is 29.6 Å². The van der Waals surface area contributed by atoms with E-state index in [9.17, 15) is 14.9 Å². The molecule has 1 heterocycles. The number of piperidine rings is 1. The topological polar surface area (TPSA) is 83.7 Å². The summed E-state index contributed by atoms with van der Waals surface area (Å²) in [6.07, 6.45) is 3.16. The maximum absolute atomic E-state index is 11.0. The number of carbonyl (C=O) groups is 1. The van der Waals surface area contributed by atoms with Gasteiger partial charge in [0.05, 0.1) is 10.5 Å². The predicted octanol–water partition coefficient (Wildman–Crippen LogP) is 2.28. The number of hydrogen-bond acceptors (Lipinski definition) is 4. The van der Waals surface area contributed by atoms with E-state index >= 15 is 0 Å². The fourth-order valence-corrected chi connectivity index (χ4v) is 2.20. The van der Waals surface area contributed by atoms with Crippen molar-refractivity contribution in [2.24, 2.45) is 0 Å². The molecule has 6 nitrogen and oxygen atoms in total. The lowest BCUT2D eigenvalue weighted by Gasteiger charge is -2.28. The first kappa shape index (κ1) is 12.3. The molecular formula is C12H14N2O4. The molecule has 0 aliphatic carbocycles. The van der Waals surface area contributed by atoms with Crippen LogP contribution in [0.2, 0.25) is 0 Å². The Bertz CT molecular complexity index is 481. The molecule has 0 amide bonds. The number of rotatable bonds is 3. The number of hydrogen-bond donors (Lipinski definition) is 1. The van der Waals surface area contributed by atoms with Gasteiger partial charge >= 0.3 is 5.97 Å². The number of nitro groups is 1. The second kappa shape index (κ2) is 5.03. The zero-order chi connectivity index (χ0) is 13.1. The van der Waals surface area contributed by atoms with E-state index in [1.165, 1.54) is 12.1 Å². The zero-order valence-electron chi connectivity index (χ0n) is 9.83. The van der Waals surface area contributed by atoms with Crippen LogP contribution < -0.4 is 4.90 Å². The van der Waals surface area contributed by atoms with Crippen LogP contribution in [0.4, 0.5) is 11.4 Å². The SMILES string of the molecule is O=C(O)c1ccc(N2CCCCC2)c([N+](=O)[O-])c1. The summed E-state index contributed by atoms with van der Waals surface area (Å²) >= 11 is 0. The minimum Gasteiger partial charge on any atom is -0.478 e. The van der Waals surface area contributed by atoms with E-state index in [0.717, 1.165) is 38.4 Å². The molecule has 0 atom stereocenters. The molecule has 18 heavy (non-hydrogen) atoms. The van der Waals surface area contributed by atoms with Gasteiger partial charge in [0, 0.05) is 19.2 Å². The normalized spacial score (nSPS) is 15.4. The third kappa shape index (κ3) is 2.42. The molecule has 6 heteroatoms. The lowest BCUT2D eigenvalue weighted by molar-refractivity contribution is -0.384.